The standard InChI is InChI=1S/C15H13N3O3/c16-7-10-8-17-12-4-2-1-3-11(12)13(10)18-15(14(19)20)5-6-21-9-15/h1-4,8H,5-6,9H2,(H,17,18)(H,19,20). The largest absolute Gasteiger partial charge is 0.479 e. The van der Waals surface area contributed by atoms with Crippen LogP contribution in [0.5, 0.6) is 0 Å². The Kier molecular flexibility index (Phi) is 3.20. The molecule has 1 aromatic carbocycles. The van der Waals surface area contributed by atoms with E-state index in [-0.39, 0.29) is 6.61 Å². The molecule has 6 heteroatoms. The number of pyridine rings is 1. The number of carboxylic acid groups (broad SMARTS) is 1. The van der Waals surface area contributed by atoms with Crippen molar-refractivity contribution in [3.8, 4) is 6.07 Å². The van der Waals surface area contributed by atoms with Gasteiger partial charge < -0.3 is 15.2 Å². The number of fused-ring (bicyclic) bond motifs is 1. The van der Waals surface area contributed by atoms with Crippen LogP contribution in [0.1, 0.15) is 12.0 Å². The third-order valence-electron chi connectivity index (χ3n) is 3.69. The third-order valence-corrected chi connectivity index (χ3v) is 3.69. The fraction of sp³-hybridized carbons (Fsp3) is 0.267. The average molecular weight is 283 g/mol. The Hall–Kier alpha value is -2.65. The number of aliphatic carboxylic acids is 1. The Labute approximate surface area is 121 Å². The zero-order valence-corrected chi connectivity index (χ0v) is 11.2. The normalized spacial score (nSPS) is 21.1. The van der Waals surface area contributed by atoms with Crippen molar-refractivity contribution < 1.29 is 14.6 Å². The third kappa shape index (κ3) is 2.18. The second-order valence-electron chi connectivity index (χ2n) is 4.99. The summed E-state index contributed by atoms with van der Waals surface area (Å²) in [5.74, 6) is -0.982. The van der Waals surface area contributed by atoms with Crippen LogP contribution in [0.4, 0.5) is 5.69 Å². The number of hydrogen-bond donors (Lipinski definition) is 2. The summed E-state index contributed by atoms with van der Waals surface area (Å²) in [4.78, 5) is 15.8. The number of nitrogens with zero attached hydrogens (tertiary/aromatic N) is 2. The van der Waals surface area contributed by atoms with Crippen LogP contribution in [0, 0.1) is 11.3 Å². The maximum atomic E-state index is 11.6. The second-order valence-corrected chi connectivity index (χ2v) is 4.99. The molecule has 0 amide bonds. The van der Waals surface area contributed by atoms with Gasteiger partial charge in [-0.25, -0.2) is 4.79 Å². The topological polar surface area (TPSA) is 95.2 Å². The van der Waals surface area contributed by atoms with E-state index in [1.165, 1.54) is 6.20 Å². The van der Waals surface area contributed by atoms with E-state index in [1.807, 2.05) is 24.3 Å². The molecule has 0 aliphatic carbocycles. The molecule has 21 heavy (non-hydrogen) atoms. The Morgan fingerprint density at radius 2 is 2.29 bits per heavy atom. The van der Waals surface area contributed by atoms with Crippen LogP contribution < -0.4 is 5.32 Å². The monoisotopic (exact) mass is 283 g/mol. The maximum Gasteiger partial charge on any atom is 0.331 e. The van der Waals surface area contributed by atoms with Gasteiger partial charge in [-0.2, -0.15) is 5.26 Å². The number of nitrogens with one attached hydrogen (secondary N) is 1. The zero-order chi connectivity index (χ0) is 14.9. The van der Waals surface area contributed by atoms with Gasteiger partial charge >= 0.3 is 5.97 Å². The highest BCUT2D eigenvalue weighted by molar-refractivity contribution is 5.96. The van der Waals surface area contributed by atoms with E-state index in [0.717, 1.165) is 5.39 Å². The first-order chi connectivity index (χ1) is 10.2. The van der Waals surface area contributed by atoms with Gasteiger partial charge in [-0.05, 0) is 6.07 Å². The highest BCUT2D eigenvalue weighted by atomic mass is 16.5. The van der Waals surface area contributed by atoms with Gasteiger partial charge in [0.1, 0.15) is 6.07 Å². The van der Waals surface area contributed by atoms with E-state index < -0.39 is 11.5 Å². The van der Waals surface area contributed by atoms with Gasteiger partial charge in [0.15, 0.2) is 5.54 Å². The molecule has 3 rings (SSSR count). The lowest BCUT2D eigenvalue weighted by atomic mass is 9.97. The highest BCUT2D eigenvalue weighted by Gasteiger charge is 2.43. The first-order valence-electron chi connectivity index (χ1n) is 6.53. The molecule has 1 fully saturated rings. The Morgan fingerprint density at radius 1 is 1.48 bits per heavy atom. The van der Waals surface area contributed by atoms with Crippen molar-refractivity contribution in [1.82, 2.24) is 4.98 Å². The molecule has 0 radical (unpaired) electrons. The first kappa shape index (κ1) is 13.3. The zero-order valence-electron chi connectivity index (χ0n) is 11.2. The Bertz CT molecular complexity index is 745. The molecule has 1 unspecified atom stereocenters. The van der Waals surface area contributed by atoms with E-state index in [9.17, 15) is 15.2 Å². The van der Waals surface area contributed by atoms with Crippen molar-refractivity contribution >= 4 is 22.6 Å². The van der Waals surface area contributed by atoms with Crippen molar-refractivity contribution in [3.05, 3.63) is 36.0 Å². The predicted molar refractivity (Wildman–Crippen MR) is 75.9 cm³/mol. The van der Waals surface area contributed by atoms with Crippen molar-refractivity contribution in [2.45, 2.75) is 12.0 Å². The molecule has 2 heterocycles. The van der Waals surface area contributed by atoms with E-state index in [4.69, 9.17) is 4.74 Å². The lowest BCUT2D eigenvalue weighted by molar-refractivity contribution is -0.142. The molecule has 1 saturated heterocycles. The summed E-state index contributed by atoms with van der Waals surface area (Å²) in [6.07, 6.45) is 1.81. The lowest BCUT2D eigenvalue weighted by Crippen LogP contribution is -2.47. The predicted octanol–water partition coefficient (Wildman–Crippen LogP) is 1.76. The van der Waals surface area contributed by atoms with Crippen molar-refractivity contribution in [2.24, 2.45) is 0 Å². The quantitative estimate of drug-likeness (QED) is 0.891. The molecule has 2 aromatic rings. The van der Waals surface area contributed by atoms with Crippen LogP contribution in [0.15, 0.2) is 30.5 Å². The van der Waals surface area contributed by atoms with E-state index in [0.29, 0.717) is 29.8 Å². The number of anilines is 1. The maximum absolute atomic E-state index is 11.6. The number of carbonyl (C=O) groups is 1. The minimum absolute atomic E-state index is 0.0733. The Balaban J connectivity index is 2.15. The molecule has 6 nitrogen and oxygen atoms in total. The van der Waals surface area contributed by atoms with Gasteiger partial charge in [0.25, 0.3) is 0 Å². The number of carboxylic acids is 1. The number of benzene rings is 1. The van der Waals surface area contributed by atoms with Crippen LogP contribution in [0.25, 0.3) is 10.9 Å². The number of nitriles is 1. The minimum Gasteiger partial charge on any atom is -0.479 e. The van der Waals surface area contributed by atoms with Crippen molar-refractivity contribution in [1.29, 1.82) is 5.26 Å². The molecule has 0 saturated carbocycles. The fourth-order valence-electron chi connectivity index (χ4n) is 2.49. The molecular formula is C15H13N3O3. The van der Waals surface area contributed by atoms with Gasteiger partial charge in [0, 0.05) is 24.6 Å². The van der Waals surface area contributed by atoms with Crippen LogP contribution >= 0.6 is 0 Å². The van der Waals surface area contributed by atoms with Crippen molar-refractivity contribution in [2.75, 3.05) is 18.5 Å². The van der Waals surface area contributed by atoms with Crippen LogP contribution in [-0.2, 0) is 9.53 Å². The fourth-order valence-corrected chi connectivity index (χ4v) is 2.49. The lowest BCUT2D eigenvalue weighted by Gasteiger charge is -2.26. The molecule has 1 aliphatic rings. The number of hydrogen-bond acceptors (Lipinski definition) is 5. The van der Waals surface area contributed by atoms with Crippen LogP contribution in [-0.4, -0.2) is 34.8 Å². The van der Waals surface area contributed by atoms with Crippen LogP contribution in [0.2, 0.25) is 0 Å². The van der Waals surface area contributed by atoms with Crippen molar-refractivity contribution in [3.63, 3.8) is 0 Å². The summed E-state index contributed by atoms with van der Waals surface area (Å²) >= 11 is 0. The number of rotatable bonds is 3. The highest BCUT2D eigenvalue weighted by Crippen LogP contribution is 2.31. The number of aromatic nitrogens is 1. The number of para-hydroxylation sites is 1. The Morgan fingerprint density at radius 3 is 2.95 bits per heavy atom. The molecule has 1 aromatic heterocycles. The molecule has 0 bridgehead atoms. The summed E-state index contributed by atoms with van der Waals surface area (Å²) in [5, 5.41) is 22.5. The molecular weight excluding hydrogens is 270 g/mol. The summed E-state index contributed by atoms with van der Waals surface area (Å²) in [7, 11) is 0. The molecule has 1 aliphatic heterocycles. The van der Waals surface area contributed by atoms with Gasteiger partial charge in [0.05, 0.1) is 23.4 Å². The number of ether oxygens (including phenoxy) is 1. The second kappa shape index (κ2) is 5.04. The average Bonchev–Trinajstić information content (AvgIpc) is 2.98. The molecule has 1 atom stereocenters. The molecule has 106 valence electrons. The molecule has 0 spiro atoms. The summed E-state index contributed by atoms with van der Waals surface area (Å²) in [5.41, 5.74) is 0.325. The van der Waals surface area contributed by atoms with Gasteiger partial charge in [-0.15, -0.1) is 0 Å². The summed E-state index contributed by atoms with van der Waals surface area (Å²) < 4.78 is 5.24. The van der Waals surface area contributed by atoms with Gasteiger partial charge in [0.2, 0.25) is 0 Å². The smallest absolute Gasteiger partial charge is 0.331 e. The van der Waals surface area contributed by atoms with Crippen LogP contribution in [0.3, 0.4) is 0 Å². The summed E-state index contributed by atoms with van der Waals surface area (Å²) in [6, 6.07) is 9.37. The molecule has 2 N–H and O–H groups in total. The minimum atomic E-state index is -1.20. The van der Waals surface area contributed by atoms with Gasteiger partial charge in [-0.1, -0.05) is 18.2 Å². The first-order valence-corrected chi connectivity index (χ1v) is 6.53. The summed E-state index contributed by atoms with van der Waals surface area (Å²) in [6.45, 7) is 0.452. The SMILES string of the molecule is N#Cc1cnc2ccccc2c1NC1(C(=O)O)CCOC1. The van der Waals surface area contributed by atoms with E-state index >= 15 is 0 Å². The van der Waals surface area contributed by atoms with E-state index in [1.54, 1.807) is 0 Å². The van der Waals surface area contributed by atoms with Gasteiger partial charge in [-0.3, -0.25) is 4.98 Å². The van der Waals surface area contributed by atoms with E-state index in [2.05, 4.69) is 16.4 Å².